The summed E-state index contributed by atoms with van der Waals surface area (Å²) in [6, 6.07) is 53.6. The highest BCUT2D eigenvalue weighted by Gasteiger charge is 2.45. The molecule has 0 unspecified atom stereocenters. The average Bonchev–Trinajstić information content (AvgIpc) is 1.95. The molecule has 14 heteroatoms. The highest BCUT2D eigenvalue weighted by molar-refractivity contribution is 7.99. The molecule has 6 aromatic carbocycles. The third-order valence-corrected chi connectivity index (χ3v) is 19.5. The number of carboxylic acid groups (broad SMARTS) is 2. The maximum Gasteiger partial charge on any atom is 0.303 e. The molecule has 0 saturated heterocycles. The van der Waals surface area contributed by atoms with Crippen molar-refractivity contribution in [2.24, 2.45) is 22.3 Å². The smallest absolute Gasteiger partial charge is 0.303 e. The molecular weight excluding hydrogens is 1200 g/mol. The third-order valence-electron chi connectivity index (χ3n) is 15.7. The quantitative estimate of drug-likeness (QED) is 0.0336. The van der Waals surface area contributed by atoms with E-state index in [1.165, 1.54) is 11.1 Å². The first kappa shape index (κ1) is 71.1. The van der Waals surface area contributed by atoms with Crippen LogP contribution in [0.15, 0.2) is 158 Å². The Morgan fingerprint density at radius 3 is 1.22 bits per heavy atom. The van der Waals surface area contributed by atoms with Crippen molar-refractivity contribution in [3.8, 4) is 0 Å². The molecule has 0 amide bonds. The number of aliphatic hydroxyl groups is 2. The van der Waals surface area contributed by atoms with E-state index < -0.39 is 23.1 Å². The van der Waals surface area contributed by atoms with Gasteiger partial charge in [-0.2, -0.15) is 23.5 Å². The van der Waals surface area contributed by atoms with Crippen molar-refractivity contribution in [2.45, 2.75) is 153 Å². The maximum atomic E-state index is 11.5. The molecule has 0 radical (unpaired) electrons. The third kappa shape index (κ3) is 23.1. The first-order valence-corrected chi connectivity index (χ1v) is 34.0. The monoisotopic (exact) mass is 1290 g/mol. The summed E-state index contributed by atoms with van der Waals surface area (Å²) < 4.78 is 0. The van der Waals surface area contributed by atoms with Crippen LogP contribution >= 0.6 is 46.7 Å². The van der Waals surface area contributed by atoms with Crippen molar-refractivity contribution in [2.75, 3.05) is 11.5 Å². The van der Waals surface area contributed by atoms with Crippen molar-refractivity contribution in [1.29, 1.82) is 0 Å². The number of aromatic nitrogens is 2. The van der Waals surface area contributed by atoms with Crippen LogP contribution in [0.3, 0.4) is 0 Å². The van der Waals surface area contributed by atoms with Gasteiger partial charge in [-0.05, 0) is 195 Å². The molecule has 0 aliphatic heterocycles. The zero-order valence-corrected chi connectivity index (χ0v) is 56.5. The predicted molar refractivity (Wildman–Crippen MR) is 381 cm³/mol. The molecule has 2 aliphatic rings. The number of halogens is 2. The summed E-state index contributed by atoms with van der Waals surface area (Å²) in [7, 11) is 0. The number of nitrogens with zero attached hydrogens (tertiary/aromatic N) is 2. The fraction of sp³-hybridized carbons (Fsp3) is 0.368. The number of benzene rings is 6. The summed E-state index contributed by atoms with van der Waals surface area (Å²) in [6.45, 7) is 15.1. The van der Waals surface area contributed by atoms with Crippen molar-refractivity contribution in [1.82, 2.24) is 9.97 Å². The number of aliphatic carboxylic acids is 2. The lowest BCUT2D eigenvalue weighted by molar-refractivity contribution is -0.139. The second kappa shape index (κ2) is 32.8. The number of aryl methyl sites for hydroxylation is 2. The topological polar surface area (TPSA) is 193 Å². The SMILES string of the molecule is CC(C)(O)c1ccccc1CC[C@@H](SCC1(CC(=O)O)CC1)c1cccc(/C=C/c2ccc3ccc(Cl)cc3n2)c1.CC(C)(O)c1ccccc1CC[C@@H](SCC1(CC(=O)O)CC1)c1cccc(/C=C/c2ccc3ccc(Cl)cc3n2)c1.CC(C)N.CC(C)N. The zero-order valence-electron chi connectivity index (χ0n) is 53.3. The van der Waals surface area contributed by atoms with Crippen LogP contribution < -0.4 is 11.5 Å². The highest BCUT2D eigenvalue weighted by atomic mass is 35.5. The molecule has 90 heavy (non-hydrogen) atoms. The van der Waals surface area contributed by atoms with Gasteiger partial charge in [0.2, 0.25) is 0 Å². The predicted octanol–water partition coefficient (Wildman–Crippen LogP) is 18.6. The molecular formula is C76H90Cl2N4O6S2. The number of hydrogen-bond acceptors (Lipinski definition) is 10. The summed E-state index contributed by atoms with van der Waals surface area (Å²) in [5, 5.41) is 44.2. The molecule has 2 atom stereocenters. The molecule has 2 heterocycles. The second-order valence-corrected chi connectivity index (χ2v) is 29.1. The molecule has 8 aromatic rings. The number of hydrogen-bond donors (Lipinski definition) is 6. The van der Waals surface area contributed by atoms with Crippen LogP contribution in [0, 0.1) is 10.8 Å². The Morgan fingerprint density at radius 1 is 0.522 bits per heavy atom. The van der Waals surface area contributed by atoms with Crippen LogP contribution in [-0.4, -0.2) is 65.9 Å². The number of fused-ring (bicyclic) bond motifs is 2. The van der Waals surface area contributed by atoms with Crippen molar-refractivity contribution in [3.05, 3.63) is 224 Å². The lowest BCUT2D eigenvalue weighted by atomic mass is 9.90. The standard InChI is InChI=1S/2C35H36ClNO3S.2C3H9N/c2*1-34(2,40)30-9-4-3-7-25(30)13-17-32(41-23-35(18-19-35)22-33(38)39)27-8-5-6-24(20-27)10-15-29-16-12-26-11-14-28(36)21-31(26)37-29;2*1-3(2)4/h2*3-12,14-16,20-21,32,40H,13,17-19,22-23H2,1-2H3,(H,38,39);2*3H,4H2,1-2H3/b2*15-10+;;/t2*32-;;/m11../s1. The molecule has 2 aromatic heterocycles. The van der Waals surface area contributed by atoms with E-state index in [1.807, 2.05) is 176 Å². The lowest BCUT2D eigenvalue weighted by Crippen LogP contribution is -2.18. The van der Waals surface area contributed by atoms with E-state index in [9.17, 15) is 30.0 Å². The fourth-order valence-corrected chi connectivity index (χ4v) is 14.2. The number of pyridine rings is 2. The minimum absolute atomic E-state index is 0.0814. The van der Waals surface area contributed by atoms with Gasteiger partial charge < -0.3 is 31.9 Å². The molecule has 476 valence electrons. The minimum atomic E-state index is -0.911. The Hall–Kier alpha value is -6.32. The number of nitrogens with two attached hydrogens (primary N) is 2. The zero-order chi connectivity index (χ0) is 65.2. The fourth-order valence-electron chi connectivity index (χ4n) is 10.7. The van der Waals surface area contributed by atoms with Crippen LogP contribution in [0.2, 0.25) is 10.0 Å². The molecule has 2 saturated carbocycles. The van der Waals surface area contributed by atoms with Gasteiger partial charge in [0.05, 0.1) is 46.5 Å². The summed E-state index contributed by atoms with van der Waals surface area (Å²) in [5.41, 5.74) is 20.5. The van der Waals surface area contributed by atoms with Gasteiger partial charge in [-0.25, -0.2) is 9.97 Å². The molecule has 2 fully saturated rings. The minimum Gasteiger partial charge on any atom is -0.481 e. The van der Waals surface area contributed by atoms with Crippen molar-refractivity contribution in [3.63, 3.8) is 0 Å². The van der Waals surface area contributed by atoms with Gasteiger partial charge in [0.25, 0.3) is 0 Å². The normalized spacial score (nSPS) is 14.8. The lowest BCUT2D eigenvalue weighted by Gasteiger charge is -2.24. The second-order valence-electron chi connectivity index (χ2n) is 25.9. The summed E-state index contributed by atoms with van der Waals surface area (Å²) >= 11 is 16.1. The molecule has 10 rings (SSSR count). The Labute approximate surface area is 552 Å². The first-order chi connectivity index (χ1) is 42.7. The van der Waals surface area contributed by atoms with Gasteiger partial charge in [0, 0.05) is 42.8 Å². The van der Waals surface area contributed by atoms with Gasteiger partial charge >= 0.3 is 11.9 Å². The molecule has 8 N–H and O–H groups in total. The first-order valence-electron chi connectivity index (χ1n) is 31.2. The Bertz CT molecular complexity index is 3490. The number of carbonyl (C=O) groups is 2. The van der Waals surface area contributed by atoms with Gasteiger partial charge in [-0.15, -0.1) is 0 Å². The van der Waals surface area contributed by atoms with E-state index in [0.717, 1.165) is 129 Å². The van der Waals surface area contributed by atoms with Crippen LogP contribution in [0.25, 0.3) is 46.1 Å². The highest BCUT2D eigenvalue weighted by Crippen LogP contribution is 2.55. The van der Waals surface area contributed by atoms with Crippen LogP contribution in [0.1, 0.15) is 173 Å². The Kier molecular flexibility index (Phi) is 25.9. The Morgan fingerprint density at radius 2 is 0.878 bits per heavy atom. The maximum absolute atomic E-state index is 11.5. The van der Waals surface area contributed by atoms with Gasteiger partial charge in [-0.3, -0.25) is 9.59 Å². The van der Waals surface area contributed by atoms with Crippen molar-refractivity contribution >= 4 is 105 Å². The van der Waals surface area contributed by atoms with E-state index in [2.05, 4.69) is 84.9 Å². The van der Waals surface area contributed by atoms with Crippen LogP contribution in [-0.2, 0) is 33.6 Å². The molecule has 0 bridgehead atoms. The van der Waals surface area contributed by atoms with E-state index in [0.29, 0.717) is 22.1 Å². The van der Waals surface area contributed by atoms with E-state index in [4.69, 9.17) is 44.6 Å². The Balaban J connectivity index is 0.000000229. The van der Waals surface area contributed by atoms with Crippen LogP contribution in [0.4, 0.5) is 0 Å². The van der Waals surface area contributed by atoms with Crippen molar-refractivity contribution < 1.29 is 30.0 Å². The van der Waals surface area contributed by atoms with E-state index in [1.54, 1.807) is 0 Å². The van der Waals surface area contributed by atoms with Gasteiger partial charge in [0.1, 0.15) is 0 Å². The summed E-state index contributed by atoms with van der Waals surface area (Å²) in [6.07, 6.45) is 16.0. The number of rotatable bonds is 24. The van der Waals surface area contributed by atoms with Gasteiger partial charge in [-0.1, -0.05) is 184 Å². The number of thioether (sulfide) groups is 2. The largest absolute Gasteiger partial charge is 0.481 e. The van der Waals surface area contributed by atoms with E-state index >= 15 is 0 Å². The summed E-state index contributed by atoms with van der Waals surface area (Å²) in [5.74, 6) is 0.243. The average molecular weight is 1290 g/mol. The number of carboxylic acids is 2. The summed E-state index contributed by atoms with van der Waals surface area (Å²) in [4.78, 5) is 32.5. The molecule has 2 aliphatic carbocycles. The van der Waals surface area contributed by atoms with E-state index in [-0.39, 0.29) is 34.2 Å². The molecule has 0 spiro atoms. The van der Waals surface area contributed by atoms with Crippen LogP contribution in [0.5, 0.6) is 0 Å². The molecule has 10 nitrogen and oxygen atoms in total. The van der Waals surface area contributed by atoms with Gasteiger partial charge in [0.15, 0.2) is 0 Å².